The molecule has 0 atom stereocenters. The van der Waals surface area contributed by atoms with Crippen molar-refractivity contribution in [3.05, 3.63) is 54.2 Å². The second kappa shape index (κ2) is 6.93. The number of ether oxygens (including phenoxy) is 1. The van der Waals surface area contributed by atoms with E-state index in [0.717, 1.165) is 11.3 Å². The van der Waals surface area contributed by atoms with E-state index in [1.54, 1.807) is 18.3 Å². The molecule has 0 aliphatic carbocycles. The van der Waals surface area contributed by atoms with Gasteiger partial charge in [-0.25, -0.2) is 9.78 Å². The van der Waals surface area contributed by atoms with Crippen molar-refractivity contribution in [2.45, 2.75) is 32.9 Å². The van der Waals surface area contributed by atoms with Crippen LogP contribution in [0.15, 0.2) is 48.7 Å². The van der Waals surface area contributed by atoms with Crippen LogP contribution in [0, 0.1) is 0 Å². The topological polar surface area (TPSA) is 63.2 Å². The Bertz CT molecular complexity index is 621. The summed E-state index contributed by atoms with van der Waals surface area (Å²) < 4.78 is 5.90. The van der Waals surface area contributed by atoms with Crippen LogP contribution in [0.5, 0.6) is 5.75 Å². The summed E-state index contributed by atoms with van der Waals surface area (Å²) in [4.78, 5) is 15.9. The van der Waals surface area contributed by atoms with Crippen LogP contribution in [0.25, 0.3) is 0 Å². The average Bonchev–Trinajstić information content (AvgIpc) is 2.46. The molecule has 2 N–H and O–H groups in total. The molecule has 1 aromatic carbocycles. The number of nitrogens with one attached hydrogen (secondary N) is 2. The molecule has 2 amide bonds. The highest BCUT2D eigenvalue weighted by Crippen LogP contribution is 2.22. The highest BCUT2D eigenvalue weighted by molar-refractivity contribution is 5.88. The lowest BCUT2D eigenvalue weighted by molar-refractivity contribution is 0.129. The van der Waals surface area contributed by atoms with Crippen LogP contribution in [0.3, 0.4) is 0 Å². The van der Waals surface area contributed by atoms with E-state index in [-0.39, 0.29) is 11.6 Å². The first-order valence-corrected chi connectivity index (χ1v) is 7.17. The third kappa shape index (κ3) is 5.09. The molecule has 5 heteroatoms. The van der Waals surface area contributed by atoms with Crippen molar-refractivity contribution in [2.24, 2.45) is 0 Å². The van der Waals surface area contributed by atoms with Gasteiger partial charge in [0.15, 0.2) is 0 Å². The summed E-state index contributed by atoms with van der Waals surface area (Å²) in [6.45, 7) is 6.35. The van der Waals surface area contributed by atoms with E-state index in [0.29, 0.717) is 12.4 Å². The second-order valence-corrected chi connectivity index (χ2v) is 5.84. The summed E-state index contributed by atoms with van der Waals surface area (Å²) in [5.41, 5.74) is 0.639. The third-order valence-electron chi connectivity index (χ3n) is 2.73. The Morgan fingerprint density at radius 2 is 1.86 bits per heavy atom. The van der Waals surface area contributed by atoms with Gasteiger partial charge in [-0.15, -0.1) is 0 Å². The Balaban J connectivity index is 1.95. The number of carbonyl (C=O) groups is 1. The average molecular weight is 299 g/mol. The lowest BCUT2D eigenvalue weighted by atomic mass is 10.1. The van der Waals surface area contributed by atoms with E-state index >= 15 is 0 Å². The molecule has 2 rings (SSSR count). The maximum absolute atomic E-state index is 11.9. The predicted molar refractivity (Wildman–Crippen MR) is 86.9 cm³/mol. The third-order valence-corrected chi connectivity index (χ3v) is 2.73. The Labute approximate surface area is 130 Å². The summed E-state index contributed by atoms with van der Waals surface area (Å²) in [5, 5.41) is 5.48. The Morgan fingerprint density at radius 3 is 2.55 bits per heavy atom. The van der Waals surface area contributed by atoms with Gasteiger partial charge < -0.3 is 10.1 Å². The summed E-state index contributed by atoms with van der Waals surface area (Å²) >= 11 is 0. The quantitative estimate of drug-likeness (QED) is 0.907. The molecule has 1 aromatic heterocycles. The van der Waals surface area contributed by atoms with E-state index in [1.807, 2.05) is 51.1 Å². The minimum Gasteiger partial charge on any atom is -0.488 e. The fourth-order valence-electron chi connectivity index (χ4n) is 1.85. The number of urea groups is 1. The van der Waals surface area contributed by atoms with Crippen LogP contribution >= 0.6 is 0 Å². The molecule has 1 heterocycles. The van der Waals surface area contributed by atoms with E-state index in [2.05, 4.69) is 15.6 Å². The van der Waals surface area contributed by atoms with Crippen LogP contribution in [-0.4, -0.2) is 16.6 Å². The van der Waals surface area contributed by atoms with Crippen LogP contribution < -0.4 is 15.4 Å². The lowest BCUT2D eigenvalue weighted by Gasteiger charge is -2.23. The van der Waals surface area contributed by atoms with Crippen molar-refractivity contribution in [1.82, 2.24) is 10.3 Å². The number of aromatic nitrogens is 1. The molecule has 0 saturated carbocycles. The first-order valence-electron chi connectivity index (χ1n) is 7.17. The zero-order chi connectivity index (χ0) is 16.0. The Morgan fingerprint density at radius 1 is 1.14 bits per heavy atom. The first kappa shape index (κ1) is 15.8. The van der Waals surface area contributed by atoms with Gasteiger partial charge in [0.1, 0.15) is 17.2 Å². The molecule has 2 aromatic rings. The number of rotatable bonds is 4. The van der Waals surface area contributed by atoms with Gasteiger partial charge >= 0.3 is 6.03 Å². The molecular formula is C17H21N3O2. The molecular weight excluding hydrogens is 278 g/mol. The number of carbonyl (C=O) groups excluding carboxylic acids is 1. The van der Waals surface area contributed by atoms with Gasteiger partial charge in [-0.3, -0.25) is 5.32 Å². The van der Waals surface area contributed by atoms with Crippen molar-refractivity contribution in [2.75, 3.05) is 5.32 Å². The van der Waals surface area contributed by atoms with Gasteiger partial charge in [0, 0.05) is 18.3 Å². The van der Waals surface area contributed by atoms with Crippen molar-refractivity contribution in [3.63, 3.8) is 0 Å². The molecule has 5 nitrogen and oxygen atoms in total. The maximum Gasteiger partial charge on any atom is 0.320 e. The number of hydrogen-bond acceptors (Lipinski definition) is 3. The number of anilines is 1. The highest BCUT2D eigenvalue weighted by Gasteiger charge is 2.14. The standard InChI is InChI=1S/C17H21N3O2/c1-17(2,3)22-14-9-5-4-8-13(14)12-19-16(21)20-15-10-6-7-11-18-15/h4-11H,12H2,1-3H3,(H2,18,19,20,21). The molecule has 0 bridgehead atoms. The highest BCUT2D eigenvalue weighted by atomic mass is 16.5. The summed E-state index contributed by atoms with van der Waals surface area (Å²) in [7, 11) is 0. The second-order valence-electron chi connectivity index (χ2n) is 5.84. The first-order chi connectivity index (χ1) is 10.4. The fourth-order valence-corrected chi connectivity index (χ4v) is 1.85. The number of pyridine rings is 1. The van der Waals surface area contributed by atoms with Crippen LogP contribution in [-0.2, 0) is 6.54 Å². The van der Waals surface area contributed by atoms with Gasteiger partial charge in [-0.2, -0.15) is 0 Å². The number of benzene rings is 1. The smallest absolute Gasteiger partial charge is 0.320 e. The summed E-state index contributed by atoms with van der Waals surface area (Å²) in [6.07, 6.45) is 1.63. The number of amides is 2. The van der Waals surface area contributed by atoms with Gasteiger partial charge in [-0.1, -0.05) is 24.3 Å². The van der Waals surface area contributed by atoms with E-state index in [9.17, 15) is 4.79 Å². The SMILES string of the molecule is CC(C)(C)Oc1ccccc1CNC(=O)Nc1ccccn1. The Hall–Kier alpha value is -2.56. The molecule has 22 heavy (non-hydrogen) atoms. The van der Waals surface area contributed by atoms with Crippen molar-refractivity contribution in [1.29, 1.82) is 0 Å². The van der Waals surface area contributed by atoms with E-state index in [4.69, 9.17) is 4.74 Å². The number of para-hydroxylation sites is 1. The van der Waals surface area contributed by atoms with Crippen LogP contribution in [0.4, 0.5) is 10.6 Å². The molecule has 0 spiro atoms. The number of hydrogen-bond donors (Lipinski definition) is 2. The fraction of sp³-hybridized carbons (Fsp3) is 0.294. The molecule has 0 radical (unpaired) electrons. The van der Waals surface area contributed by atoms with Gasteiger partial charge in [0.2, 0.25) is 0 Å². The van der Waals surface area contributed by atoms with Crippen molar-refractivity contribution < 1.29 is 9.53 Å². The summed E-state index contributed by atoms with van der Waals surface area (Å²) in [6, 6.07) is 12.7. The van der Waals surface area contributed by atoms with Gasteiger partial charge in [-0.05, 0) is 39.0 Å². The van der Waals surface area contributed by atoms with Crippen molar-refractivity contribution in [3.8, 4) is 5.75 Å². The van der Waals surface area contributed by atoms with E-state index in [1.165, 1.54) is 0 Å². The zero-order valence-corrected chi connectivity index (χ0v) is 13.1. The largest absolute Gasteiger partial charge is 0.488 e. The minimum atomic E-state index is -0.302. The summed E-state index contributed by atoms with van der Waals surface area (Å²) in [5.74, 6) is 1.28. The monoisotopic (exact) mass is 299 g/mol. The maximum atomic E-state index is 11.9. The lowest BCUT2D eigenvalue weighted by Crippen LogP contribution is -2.29. The zero-order valence-electron chi connectivity index (χ0n) is 13.1. The molecule has 0 fully saturated rings. The molecule has 116 valence electrons. The molecule has 0 unspecified atom stereocenters. The van der Waals surface area contributed by atoms with Gasteiger partial charge in [0.25, 0.3) is 0 Å². The normalized spacial score (nSPS) is 10.9. The van der Waals surface area contributed by atoms with Crippen LogP contribution in [0.1, 0.15) is 26.3 Å². The minimum absolute atomic E-state index is 0.285. The van der Waals surface area contributed by atoms with Crippen molar-refractivity contribution >= 4 is 11.8 Å². The van der Waals surface area contributed by atoms with Crippen LogP contribution in [0.2, 0.25) is 0 Å². The molecule has 0 aliphatic rings. The molecule has 0 saturated heterocycles. The Kier molecular flexibility index (Phi) is 4.99. The van der Waals surface area contributed by atoms with Gasteiger partial charge in [0.05, 0.1) is 0 Å². The molecule has 0 aliphatic heterocycles. The van der Waals surface area contributed by atoms with E-state index < -0.39 is 0 Å². The number of nitrogens with zero attached hydrogens (tertiary/aromatic N) is 1. The predicted octanol–water partition coefficient (Wildman–Crippen LogP) is 3.58.